The number of phosphoric acid groups is 1. The Morgan fingerprint density at radius 1 is 0.515 bits per heavy atom. The van der Waals surface area contributed by atoms with Gasteiger partial charge in [-0.3, -0.25) is 18.6 Å². The standard InChI is InChI=1S/C54H86NO10P/c1-3-5-7-9-11-13-15-17-19-21-23-25-27-29-31-33-35-37-39-41-43-45-52(57)55-51(54(59)60)49-65-66(61,62)64-48-50(56)47-63-53(58)46-44-42-40-38-36-34-32-30-28-26-24-22-20-18-16-14-12-10-8-6-4-2/h6,8,11-14,17-20,23-26,30,32,36,38,42,44,50-51,56H,3-5,7,9-10,15-16,21-22,27-29,31,33-35,37,39-41,43,45-49H2,1-2H3,(H,55,57)(H,59,60)(H,61,62)/b8-6-,13-11-,14-12-,19-17-,20-18-,25-23-,26-24-,32-30-,38-36-,44-42-. The lowest BCUT2D eigenvalue weighted by atomic mass is 10.1. The Bertz CT molecular complexity index is 1570. The van der Waals surface area contributed by atoms with Crippen LogP contribution in [-0.2, 0) is 32.7 Å². The van der Waals surface area contributed by atoms with Gasteiger partial charge in [0.15, 0.2) is 6.04 Å². The van der Waals surface area contributed by atoms with Crippen molar-refractivity contribution in [3.8, 4) is 0 Å². The van der Waals surface area contributed by atoms with Gasteiger partial charge in [-0.25, -0.2) is 9.36 Å². The normalized spacial score (nSPS) is 14.6. The van der Waals surface area contributed by atoms with Crippen molar-refractivity contribution in [1.29, 1.82) is 0 Å². The molecule has 0 aliphatic carbocycles. The molecule has 3 unspecified atom stereocenters. The number of rotatable bonds is 44. The van der Waals surface area contributed by atoms with Gasteiger partial charge in [0.1, 0.15) is 12.7 Å². The van der Waals surface area contributed by atoms with Crippen molar-refractivity contribution < 1.29 is 47.8 Å². The van der Waals surface area contributed by atoms with Gasteiger partial charge in [-0.05, 0) is 89.9 Å². The third-order valence-corrected chi connectivity index (χ3v) is 10.7. The van der Waals surface area contributed by atoms with Crippen molar-refractivity contribution in [2.75, 3.05) is 19.8 Å². The number of nitrogens with one attached hydrogen (secondary N) is 1. The third kappa shape index (κ3) is 46.4. The van der Waals surface area contributed by atoms with E-state index >= 15 is 0 Å². The molecular weight excluding hydrogens is 854 g/mol. The van der Waals surface area contributed by atoms with E-state index in [1.54, 1.807) is 6.08 Å². The molecule has 11 nitrogen and oxygen atoms in total. The summed E-state index contributed by atoms with van der Waals surface area (Å²) in [5.74, 6) is -2.54. The summed E-state index contributed by atoms with van der Waals surface area (Å²) >= 11 is 0. The molecule has 0 aliphatic rings. The molecule has 12 heteroatoms. The van der Waals surface area contributed by atoms with Crippen molar-refractivity contribution in [2.24, 2.45) is 0 Å². The number of hydrogen-bond donors (Lipinski definition) is 4. The van der Waals surface area contributed by atoms with Gasteiger partial charge in [0.2, 0.25) is 5.91 Å². The number of aliphatic carboxylic acids is 1. The van der Waals surface area contributed by atoms with Gasteiger partial charge in [0.05, 0.1) is 19.6 Å². The fourth-order valence-electron chi connectivity index (χ4n) is 5.99. The van der Waals surface area contributed by atoms with E-state index in [0.29, 0.717) is 12.8 Å². The smallest absolute Gasteiger partial charge is 0.472 e. The van der Waals surface area contributed by atoms with E-state index in [-0.39, 0.29) is 12.8 Å². The van der Waals surface area contributed by atoms with Crippen LogP contribution in [-0.4, -0.2) is 64.9 Å². The minimum Gasteiger partial charge on any atom is -0.480 e. The van der Waals surface area contributed by atoms with Gasteiger partial charge in [-0.15, -0.1) is 0 Å². The molecule has 0 saturated carbocycles. The van der Waals surface area contributed by atoms with E-state index in [9.17, 15) is 34.1 Å². The molecule has 0 aromatic carbocycles. The first-order chi connectivity index (χ1) is 32.1. The van der Waals surface area contributed by atoms with Crippen molar-refractivity contribution in [3.05, 3.63) is 122 Å². The first kappa shape index (κ1) is 61.9. The molecule has 0 spiro atoms. The van der Waals surface area contributed by atoms with E-state index in [0.717, 1.165) is 83.5 Å². The summed E-state index contributed by atoms with van der Waals surface area (Å²) in [7, 11) is -4.79. The highest BCUT2D eigenvalue weighted by molar-refractivity contribution is 7.47. The second-order valence-corrected chi connectivity index (χ2v) is 17.4. The molecule has 0 aromatic rings. The van der Waals surface area contributed by atoms with E-state index in [4.69, 9.17) is 13.8 Å². The highest BCUT2D eigenvalue weighted by atomic mass is 31.2. The molecular formula is C54H86NO10P. The molecule has 0 aliphatic heterocycles. The number of aliphatic hydroxyl groups is 1. The number of carboxylic acid groups (broad SMARTS) is 1. The molecule has 0 bridgehead atoms. The van der Waals surface area contributed by atoms with Crippen LogP contribution in [0, 0.1) is 0 Å². The highest BCUT2D eigenvalue weighted by Crippen LogP contribution is 2.43. The molecule has 1 amide bonds. The van der Waals surface area contributed by atoms with Crippen LogP contribution in [0.5, 0.6) is 0 Å². The summed E-state index contributed by atoms with van der Waals surface area (Å²) in [6, 6.07) is -1.57. The fraction of sp³-hybridized carbons (Fsp3) is 0.574. The van der Waals surface area contributed by atoms with Gasteiger partial charge in [0.25, 0.3) is 0 Å². The SMILES string of the molecule is CC/C=C\C/C=C\C/C=C\C/C=C\C/C=C\C/C=C\C/C=C\CC(=O)OCC(O)COP(=O)(O)OCC(NC(=O)CCCCCCCCCC/C=C\C/C=C\C/C=C\CCCCC)C(=O)O. The van der Waals surface area contributed by atoms with Crippen LogP contribution in [0.3, 0.4) is 0 Å². The number of esters is 1. The van der Waals surface area contributed by atoms with Crippen LogP contribution in [0.2, 0.25) is 0 Å². The first-order valence-electron chi connectivity index (χ1n) is 24.6. The molecule has 0 saturated heterocycles. The topological polar surface area (TPSA) is 169 Å². The predicted octanol–water partition coefficient (Wildman–Crippen LogP) is 13.6. The van der Waals surface area contributed by atoms with Gasteiger partial charge in [-0.2, -0.15) is 0 Å². The fourth-order valence-corrected chi connectivity index (χ4v) is 6.77. The monoisotopic (exact) mass is 940 g/mol. The van der Waals surface area contributed by atoms with E-state index in [2.05, 4.69) is 116 Å². The molecule has 0 rings (SSSR count). The van der Waals surface area contributed by atoms with Gasteiger partial charge < -0.3 is 25.2 Å². The highest BCUT2D eigenvalue weighted by Gasteiger charge is 2.28. The molecule has 0 radical (unpaired) electrons. The van der Waals surface area contributed by atoms with Crippen LogP contribution in [0.25, 0.3) is 0 Å². The lowest BCUT2D eigenvalue weighted by molar-refractivity contribution is -0.146. The minimum atomic E-state index is -4.79. The Balaban J connectivity index is 4.01. The number of hydrogen-bond acceptors (Lipinski definition) is 8. The number of amides is 1. The number of ether oxygens (including phenoxy) is 1. The Morgan fingerprint density at radius 3 is 1.36 bits per heavy atom. The lowest BCUT2D eigenvalue weighted by Gasteiger charge is -2.18. The molecule has 3 atom stereocenters. The Kier molecular flexibility index (Phi) is 44.4. The molecule has 66 heavy (non-hydrogen) atoms. The number of allylic oxidation sites excluding steroid dienone is 19. The lowest BCUT2D eigenvalue weighted by Crippen LogP contribution is -2.43. The van der Waals surface area contributed by atoms with Gasteiger partial charge in [-0.1, -0.05) is 187 Å². The van der Waals surface area contributed by atoms with Crippen molar-refractivity contribution in [1.82, 2.24) is 5.32 Å². The molecule has 0 aromatic heterocycles. The second kappa shape index (κ2) is 47.4. The maximum atomic E-state index is 12.4. The predicted molar refractivity (Wildman–Crippen MR) is 272 cm³/mol. The molecule has 372 valence electrons. The summed E-state index contributed by atoms with van der Waals surface area (Å²) in [6.45, 7) is 2.34. The maximum Gasteiger partial charge on any atom is 0.472 e. The van der Waals surface area contributed by atoms with Crippen molar-refractivity contribution in [3.63, 3.8) is 0 Å². The van der Waals surface area contributed by atoms with E-state index in [1.807, 2.05) is 18.2 Å². The van der Waals surface area contributed by atoms with E-state index < -0.39 is 57.6 Å². The second-order valence-electron chi connectivity index (χ2n) is 15.9. The van der Waals surface area contributed by atoms with Crippen LogP contribution >= 0.6 is 7.82 Å². The summed E-state index contributed by atoms with van der Waals surface area (Å²) in [6.07, 6.45) is 63.8. The van der Waals surface area contributed by atoms with Crippen LogP contribution in [0.4, 0.5) is 0 Å². The van der Waals surface area contributed by atoms with E-state index in [1.165, 1.54) is 44.9 Å². The largest absolute Gasteiger partial charge is 0.480 e. The third-order valence-electron chi connectivity index (χ3n) is 9.77. The Labute approximate surface area is 398 Å². The summed E-state index contributed by atoms with van der Waals surface area (Å²) in [5, 5.41) is 21.9. The van der Waals surface area contributed by atoms with Crippen LogP contribution < -0.4 is 5.32 Å². The number of carboxylic acids is 1. The average molecular weight is 940 g/mol. The zero-order valence-electron chi connectivity index (χ0n) is 40.4. The van der Waals surface area contributed by atoms with Crippen LogP contribution in [0.1, 0.15) is 168 Å². The minimum absolute atomic E-state index is 0.0183. The summed E-state index contributed by atoms with van der Waals surface area (Å²) < 4.78 is 26.8. The van der Waals surface area contributed by atoms with Gasteiger partial charge >= 0.3 is 19.8 Å². The zero-order valence-corrected chi connectivity index (χ0v) is 41.3. The first-order valence-corrected chi connectivity index (χ1v) is 26.1. The zero-order chi connectivity index (χ0) is 48.4. The van der Waals surface area contributed by atoms with Crippen molar-refractivity contribution >= 4 is 25.7 Å². The Hall–Kier alpha value is -4.12. The van der Waals surface area contributed by atoms with Gasteiger partial charge in [0, 0.05) is 6.42 Å². The Morgan fingerprint density at radius 2 is 0.909 bits per heavy atom. The van der Waals surface area contributed by atoms with Crippen LogP contribution in [0.15, 0.2) is 122 Å². The van der Waals surface area contributed by atoms with Crippen molar-refractivity contribution in [2.45, 2.75) is 180 Å². The summed E-state index contributed by atoms with van der Waals surface area (Å²) in [5.41, 5.74) is 0. The molecule has 4 N–H and O–H groups in total. The quantitative estimate of drug-likeness (QED) is 0.0200. The number of carbonyl (C=O) groups excluding carboxylic acids is 2. The maximum absolute atomic E-state index is 12.4. The number of phosphoric ester groups is 1. The number of carbonyl (C=O) groups is 3. The summed E-state index contributed by atoms with van der Waals surface area (Å²) in [4.78, 5) is 46.0. The molecule has 0 fully saturated rings. The molecule has 0 heterocycles. The average Bonchev–Trinajstić information content (AvgIpc) is 3.29. The number of aliphatic hydroxyl groups excluding tert-OH is 1. The number of unbranched alkanes of at least 4 members (excludes halogenated alkanes) is 11.